The largest absolute Gasteiger partial charge is 0.444 e. The minimum absolute atomic E-state index is 0.0119. The predicted octanol–water partition coefficient (Wildman–Crippen LogP) is 6.37. The third-order valence-electron chi connectivity index (χ3n) is 10.0. The molecular formula is C44H66FN7O6. The second kappa shape index (κ2) is 23.5. The van der Waals surface area contributed by atoms with E-state index >= 15 is 0 Å². The summed E-state index contributed by atoms with van der Waals surface area (Å²) < 4.78 is 19.5. The third kappa shape index (κ3) is 14.8. The normalized spacial score (nSPS) is 16.2. The van der Waals surface area contributed by atoms with Crippen molar-refractivity contribution in [3.63, 3.8) is 0 Å². The van der Waals surface area contributed by atoms with E-state index in [4.69, 9.17) is 5.73 Å². The zero-order chi connectivity index (χ0) is 42.8. The van der Waals surface area contributed by atoms with Crippen molar-refractivity contribution in [3.8, 4) is 0 Å². The van der Waals surface area contributed by atoms with Gasteiger partial charge in [-0.2, -0.15) is 5.10 Å². The molecule has 58 heavy (non-hydrogen) atoms. The summed E-state index contributed by atoms with van der Waals surface area (Å²) in [5, 5.41) is 7.96. The Morgan fingerprint density at radius 2 is 1.38 bits per heavy atom. The number of nitrogens with zero attached hydrogens (tertiary/aromatic N) is 5. The van der Waals surface area contributed by atoms with Crippen LogP contribution in [0.4, 0.5) is 9.18 Å². The molecule has 2 aliphatic heterocycles. The molecular weight excluding hydrogens is 742 g/mol. The van der Waals surface area contributed by atoms with Gasteiger partial charge >= 0.3 is 6.09 Å². The number of nitrogens with two attached hydrogens (primary N) is 1. The van der Waals surface area contributed by atoms with E-state index in [2.05, 4.69) is 33.7 Å². The molecule has 3 aliphatic rings. The number of piperazine rings is 2. The van der Waals surface area contributed by atoms with Crippen molar-refractivity contribution in [2.75, 3.05) is 58.9 Å². The van der Waals surface area contributed by atoms with Gasteiger partial charge in [0.15, 0.2) is 0 Å². The number of fused-ring (bicyclic) bond motifs is 1. The maximum atomic E-state index is 14.9. The molecule has 14 heteroatoms. The Morgan fingerprint density at radius 3 is 1.95 bits per heavy atom. The molecule has 0 radical (unpaired) electrons. The molecule has 2 aromatic carbocycles. The van der Waals surface area contributed by atoms with Crippen LogP contribution in [0.25, 0.3) is 10.8 Å². The van der Waals surface area contributed by atoms with Gasteiger partial charge in [0.1, 0.15) is 11.4 Å². The van der Waals surface area contributed by atoms with Gasteiger partial charge in [-0.3, -0.25) is 24.1 Å². The summed E-state index contributed by atoms with van der Waals surface area (Å²) in [5.41, 5.74) is 5.31. The maximum absolute atomic E-state index is 14.9. The number of rotatable bonds is 7. The smallest absolute Gasteiger partial charge is 0.405 e. The standard InChI is InChI=1S/C34H41FN6O4.C5H11NO2.C3H8.C2H6/c35-29-11-10-25(21-30-26-8-4-5-9-27(26)33(44)37-36-30)20-28(29)34(45)41-18-16-40(17-19-41)32(43)23-38-12-14-39(15-13-38)31(42)22-24-6-2-1-3-7-24;1-5(2,3)8-4(6)7;1-3-2;1-2/h4-5,8-11,20,24H,1-3,6-7,12-19,21-23H2,(H,37,44);1-3H3,(H2,6,7);3H2,1-2H3;1-2H3. The van der Waals surface area contributed by atoms with Crippen LogP contribution in [0.15, 0.2) is 47.3 Å². The number of ether oxygens (including phenoxy) is 1. The molecule has 0 spiro atoms. The Kier molecular flexibility index (Phi) is 19.3. The third-order valence-corrected chi connectivity index (χ3v) is 10.0. The second-order valence-electron chi connectivity index (χ2n) is 15.8. The Hall–Kier alpha value is -4.85. The highest BCUT2D eigenvalue weighted by Crippen LogP contribution is 2.27. The molecule has 1 aromatic heterocycles. The van der Waals surface area contributed by atoms with Gasteiger partial charge < -0.3 is 25.2 Å². The van der Waals surface area contributed by atoms with Gasteiger partial charge in [-0.1, -0.05) is 77.6 Å². The van der Waals surface area contributed by atoms with Crippen LogP contribution in [0.5, 0.6) is 0 Å². The summed E-state index contributed by atoms with van der Waals surface area (Å²) in [6.07, 6.45) is 7.57. The molecule has 3 aromatic rings. The number of hydrogen-bond donors (Lipinski definition) is 2. The van der Waals surface area contributed by atoms with E-state index in [1.165, 1.54) is 31.7 Å². The molecule has 3 N–H and O–H groups in total. The molecule has 1 saturated carbocycles. The van der Waals surface area contributed by atoms with E-state index in [1.54, 1.807) is 54.8 Å². The molecule has 3 heterocycles. The van der Waals surface area contributed by atoms with Crippen LogP contribution < -0.4 is 11.3 Å². The average Bonchev–Trinajstić information content (AvgIpc) is 3.20. The monoisotopic (exact) mass is 808 g/mol. The fourth-order valence-electron chi connectivity index (χ4n) is 7.19. The van der Waals surface area contributed by atoms with E-state index in [9.17, 15) is 28.4 Å². The highest BCUT2D eigenvalue weighted by atomic mass is 19.1. The van der Waals surface area contributed by atoms with Crippen molar-refractivity contribution < 1.29 is 28.3 Å². The van der Waals surface area contributed by atoms with Gasteiger partial charge in [-0.15, -0.1) is 0 Å². The molecule has 1 aliphatic carbocycles. The van der Waals surface area contributed by atoms with Gasteiger partial charge in [0.05, 0.1) is 23.2 Å². The topological polar surface area (TPSA) is 162 Å². The quantitative estimate of drug-likeness (QED) is 0.278. The minimum atomic E-state index is -0.725. The lowest BCUT2D eigenvalue weighted by Gasteiger charge is -2.38. The van der Waals surface area contributed by atoms with Gasteiger partial charge in [0.2, 0.25) is 11.8 Å². The first kappa shape index (κ1) is 47.5. The maximum Gasteiger partial charge on any atom is 0.405 e. The van der Waals surface area contributed by atoms with Crippen LogP contribution in [-0.4, -0.2) is 118 Å². The number of benzene rings is 2. The first-order valence-electron chi connectivity index (χ1n) is 21.0. The molecule has 0 unspecified atom stereocenters. The summed E-state index contributed by atoms with van der Waals surface area (Å²) in [6, 6.07) is 11.6. The van der Waals surface area contributed by atoms with E-state index in [1.807, 2.05) is 30.9 Å². The summed E-state index contributed by atoms with van der Waals surface area (Å²) in [5.74, 6) is -0.222. The molecule has 4 amide bonds. The van der Waals surface area contributed by atoms with Crippen LogP contribution in [-0.2, 0) is 20.7 Å². The van der Waals surface area contributed by atoms with Crippen LogP contribution in [0, 0.1) is 11.7 Å². The van der Waals surface area contributed by atoms with Gasteiger partial charge in [-0.05, 0) is 63.3 Å². The summed E-state index contributed by atoms with van der Waals surface area (Å²) in [7, 11) is 0. The molecule has 3 fully saturated rings. The van der Waals surface area contributed by atoms with Crippen LogP contribution >= 0.6 is 0 Å². The van der Waals surface area contributed by atoms with Gasteiger partial charge in [-0.25, -0.2) is 14.3 Å². The number of halogens is 1. The van der Waals surface area contributed by atoms with Crippen molar-refractivity contribution in [3.05, 3.63) is 75.5 Å². The SMILES string of the molecule is CC.CC(C)(C)OC(N)=O.CCC.O=C(CC1CCCCC1)N1CCN(CC(=O)N2CCN(C(=O)c3cc(Cc4n[nH]c(=O)c5ccccc45)ccc3F)CC2)CC1. The van der Waals surface area contributed by atoms with Crippen LogP contribution in [0.1, 0.15) is 115 Å². The van der Waals surface area contributed by atoms with E-state index in [0.29, 0.717) is 99.7 Å². The highest BCUT2D eigenvalue weighted by molar-refractivity contribution is 5.95. The molecule has 6 rings (SSSR count). The average molecular weight is 808 g/mol. The lowest BCUT2D eigenvalue weighted by Crippen LogP contribution is -2.55. The zero-order valence-electron chi connectivity index (χ0n) is 35.8. The summed E-state index contributed by atoms with van der Waals surface area (Å²) >= 11 is 0. The summed E-state index contributed by atoms with van der Waals surface area (Å²) in [6.45, 7) is 17.9. The number of amides is 4. The van der Waals surface area contributed by atoms with Crippen LogP contribution in [0.2, 0.25) is 0 Å². The first-order valence-corrected chi connectivity index (χ1v) is 21.0. The number of hydrogen-bond acceptors (Lipinski definition) is 8. The number of primary amides is 1. The van der Waals surface area contributed by atoms with E-state index < -0.39 is 23.4 Å². The number of H-pyrrole nitrogens is 1. The molecule has 2 saturated heterocycles. The van der Waals surface area contributed by atoms with Gasteiger partial charge in [0, 0.05) is 70.6 Å². The van der Waals surface area contributed by atoms with E-state index in [-0.39, 0.29) is 22.9 Å². The molecule has 320 valence electrons. The van der Waals surface area contributed by atoms with Crippen molar-refractivity contribution in [1.82, 2.24) is 29.8 Å². The summed E-state index contributed by atoms with van der Waals surface area (Å²) in [4.78, 5) is 68.8. The second-order valence-corrected chi connectivity index (χ2v) is 15.8. The lowest BCUT2D eigenvalue weighted by atomic mass is 9.86. The number of carbonyl (C=O) groups is 4. The Morgan fingerprint density at radius 1 is 0.828 bits per heavy atom. The van der Waals surface area contributed by atoms with E-state index in [0.717, 1.165) is 12.8 Å². The first-order chi connectivity index (χ1) is 27.7. The van der Waals surface area contributed by atoms with Crippen molar-refractivity contribution in [2.45, 2.75) is 105 Å². The Bertz CT molecular complexity index is 1840. The van der Waals surface area contributed by atoms with Gasteiger partial charge in [0.25, 0.3) is 11.5 Å². The number of carbonyl (C=O) groups excluding carboxylic acids is 4. The highest BCUT2D eigenvalue weighted by Gasteiger charge is 2.29. The Balaban J connectivity index is 0.000000606. The Labute approximate surface area is 343 Å². The zero-order valence-corrected chi connectivity index (χ0v) is 35.8. The molecule has 0 bridgehead atoms. The van der Waals surface area contributed by atoms with Crippen molar-refractivity contribution in [2.24, 2.45) is 11.7 Å². The lowest BCUT2D eigenvalue weighted by molar-refractivity contribution is -0.136. The van der Waals surface area contributed by atoms with Crippen LogP contribution in [0.3, 0.4) is 0 Å². The van der Waals surface area contributed by atoms with Crippen molar-refractivity contribution >= 4 is 34.6 Å². The number of aromatic nitrogens is 2. The predicted molar refractivity (Wildman–Crippen MR) is 226 cm³/mol. The fourth-order valence-corrected chi connectivity index (χ4v) is 7.19. The number of aromatic amines is 1. The van der Waals surface area contributed by atoms with Crippen molar-refractivity contribution in [1.29, 1.82) is 0 Å². The minimum Gasteiger partial charge on any atom is -0.444 e. The molecule has 13 nitrogen and oxygen atoms in total. The number of nitrogens with one attached hydrogen (secondary N) is 1. The molecule has 0 atom stereocenters. The fraction of sp³-hybridized carbons (Fsp3) is 0.591.